The molecule has 5 nitrogen and oxygen atoms in total. The lowest BCUT2D eigenvalue weighted by atomic mass is 10.1. The Morgan fingerprint density at radius 3 is 2.43 bits per heavy atom. The van der Waals surface area contributed by atoms with Gasteiger partial charge in [0.15, 0.2) is 0 Å². The zero-order valence-corrected chi connectivity index (χ0v) is 7.18. The van der Waals surface area contributed by atoms with Crippen molar-refractivity contribution < 1.29 is 4.92 Å². The Hall–Kier alpha value is -2.35. The van der Waals surface area contributed by atoms with Crippen LogP contribution in [0.3, 0.4) is 0 Å². The van der Waals surface area contributed by atoms with Gasteiger partial charge in [0.2, 0.25) is 0 Å². The first-order valence-electron chi connectivity index (χ1n) is 3.76. The van der Waals surface area contributed by atoms with Crippen LogP contribution >= 0.6 is 0 Å². The Morgan fingerprint density at radius 1 is 1.50 bits per heavy atom. The highest BCUT2D eigenvalue weighted by Gasteiger charge is 2.05. The molecule has 0 amide bonds. The monoisotopic (exact) mass is 189 g/mol. The molecule has 1 aromatic rings. The van der Waals surface area contributed by atoms with E-state index in [-0.39, 0.29) is 5.69 Å². The smallest absolute Gasteiger partial charge is 0.269 e. The molecule has 0 heterocycles. The van der Waals surface area contributed by atoms with Gasteiger partial charge in [0, 0.05) is 18.3 Å². The van der Waals surface area contributed by atoms with E-state index in [0.29, 0.717) is 11.1 Å². The first-order chi connectivity index (χ1) is 6.69. The van der Waals surface area contributed by atoms with Crippen LogP contribution in [0.5, 0.6) is 0 Å². The second kappa shape index (κ2) is 4.05. The van der Waals surface area contributed by atoms with E-state index in [1.165, 1.54) is 30.5 Å². The van der Waals surface area contributed by atoms with Crippen molar-refractivity contribution in [2.45, 2.75) is 0 Å². The van der Waals surface area contributed by atoms with Crippen LogP contribution < -0.4 is 5.73 Å². The van der Waals surface area contributed by atoms with Gasteiger partial charge in [-0.3, -0.25) is 10.1 Å². The largest absolute Gasteiger partial charge is 0.404 e. The van der Waals surface area contributed by atoms with Gasteiger partial charge in [0.05, 0.1) is 10.5 Å². The topological polar surface area (TPSA) is 93.0 Å². The zero-order valence-electron chi connectivity index (χ0n) is 7.18. The molecule has 2 N–H and O–H groups in total. The first kappa shape index (κ1) is 9.74. The van der Waals surface area contributed by atoms with Crippen LogP contribution in [-0.4, -0.2) is 4.92 Å². The van der Waals surface area contributed by atoms with Gasteiger partial charge in [-0.2, -0.15) is 5.26 Å². The molecule has 1 rings (SSSR count). The van der Waals surface area contributed by atoms with Gasteiger partial charge < -0.3 is 5.73 Å². The molecule has 1 aromatic carbocycles. The van der Waals surface area contributed by atoms with Crippen molar-refractivity contribution in [3.63, 3.8) is 0 Å². The van der Waals surface area contributed by atoms with Crippen LogP contribution in [0.25, 0.3) is 5.57 Å². The van der Waals surface area contributed by atoms with Crippen molar-refractivity contribution in [3.8, 4) is 6.07 Å². The second-order valence-electron chi connectivity index (χ2n) is 2.50. The molecule has 0 saturated carbocycles. The fourth-order valence-electron chi connectivity index (χ4n) is 0.961. The molecule has 0 aliphatic heterocycles. The number of non-ortho nitro benzene ring substituents is 1. The number of rotatable bonds is 2. The fraction of sp³-hybridized carbons (Fsp3) is 0. The summed E-state index contributed by atoms with van der Waals surface area (Å²) in [6, 6.07) is 7.51. The van der Waals surface area contributed by atoms with Crippen LogP contribution in [0.1, 0.15) is 5.56 Å². The normalized spacial score (nSPS) is 10.6. The summed E-state index contributed by atoms with van der Waals surface area (Å²) in [5.41, 5.74) is 6.05. The SMILES string of the molecule is N#C/C(=C\N)c1ccc([N+](=O)[O-])cc1. The average molecular weight is 189 g/mol. The zero-order chi connectivity index (χ0) is 10.6. The van der Waals surface area contributed by atoms with Crippen molar-refractivity contribution in [1.29, 1.82) is 5.26 Å². The average Bonchev–Trinajstić information content (AvgIpc) is 2.20. The minimum absolute atomic E-state index is 0.0111. The van der Waals surface area contributed by atoms with Crippen molar-refractivity contribution in [1.82, 2.24) is 0 Å². The third-order valence-electron chi connectivity index (χ3n) is 1.68. The number of benzene rings is 1. The molecule has 0 saturated heterocycles. The Bertz CT molecular complexity index is 415. The maximum atomic E-state index is 10.3. The maximum Gasteiger partial charge on any atom is 0.269 e. The number of nitro benzene ring substituents is 1. The van der Waals surface area contributed by atoms with Crippen molar-refractivity contribution in [3.05, 3.63) is 46.1 Å². The summed E-state index contributed by atoms with van der Waals surface area (Å²) in [5.74, 6) is 0. The molecule has 0 radical (unpaired) electrons. The third-order valence-corrected chi connectivity index (χ3v) is 1.68. The van der Waals surface area contributed by atoms with E-state index in [4.69, 9.17) is 11.0 Å². The van der Waals surface area contributed by atoms with Gasteiger partial charge in [-0.05, 0) is 17.7 Å². The molecule has 0 aliphatic carbocycles. The maximum absolute atomic E-state index is 10.3. The molecule has 0 atom stereocenters. The summed E-state index contributed by atoms with van der Waals surface area (Å²) in [6.45, 7) is 0. The number of nitriles is 1. The molecule has 0 spiro atoms. The predicted octanol–water partition coefficient (Wildman–Crippen LogP) is 1.42. The molecular formula is C9H7N3O2. The van der Waals surface area contributed by atoms with Crippen molar-refractivity contribution in [2.24, 2.45) is 5.73 Å². The lowest BCUT2D eigenvalue weighted by Crippen LogP contribution is -1.90. The Kier molecular flexibility index (Phi) is 2.82. The number of hydrogen-bond acceptors (Lipinski definition) is 4. The van der Waals surface area contributed by atoms with Gasteiger partial charge in [-0.1, -0.05) is 0 Å². The Morgan fingerprint density at radius 2 is 2.07 bits per heavy atom. The van der Waals surface area contributed by atoms with Crippen LogP contribution in [0.2, 0.25) is 0 Å². The highest BCUT2D eigenvalue weighted by Crippen LogP contribution is 2.17. The van der Waals surface area contributed by atoms with E-state index < -0.39 is 4.92 Å². The van der Waals surface area contributed by atoms with Gasteiger partial charge in [0.1, 0.15) is 6.07 Å². The van der Waals surface area contributed by atoms with Crippen LogP contribution in [0.4, 0.5) is 5.69 Å². The van der Waals surface area contributed by atoms with Crippen LogP contribution in [0, 0.1) is 21.4 Å². The van der Waals surface area contributed by atoms with Gasteiger partial charge in [-0.15, -0.1) is 0 Å². The number of allylic oxidation sites excluding steroid dienone is 1. The molecule has 0 bridgehead atoms. The highest BCUT2D eigenvalue weighted by atomic mass is 16.6. The summed E-state index contributed by atoms with van der Waals surface area (Å²) in [7, 11) is 0. The summed E-state index contributed by atoms with van der Waals surface area (Å²) in [6.07, 6.45) is 1.17. The summed E-state index contributed by atoms with van der Waals surface area (Å²) >= 11 is 0. The summed E-state index contributed by atoms with van der Waals surface area (Å²) in [4.78, 5) is 9.82. The number of nitro groups is 1. The molecule has 0 aromatic heterocycles. The lowest BCUT2D eigenvalue weighted by Gasteiger charge is -1.96. The highest BCUT2D eigenvalue weighted by molar-refractivity contribution is 5.76. The van der Waals surface area contributed by atoms with Crippen LogP contribution in [-0.2, 0) is 0 Å². The Balaban J connectivity index is 3.07. The molecule has 5 heteroatoms. The minimum Gasteiger partial charge on any atom is -0.404 e. The lowest BCUT2D eigenvalue weighted by molar-refractivity contribution is -0.384. The van der Waals surface area contributed by atoms with Gasteiger partial charge >= 0.3 is 0 Å². The number of hydrogen-bond donors (Lipinski definition) is 1. The minimum atomic E-state index is -0.498. The van der Waals surface area contributed by atoms with E-state index in [1.54, 1.807) is 0 Å². The van der Waals surface area contributed by atoms with Crippen molar-refractivity contribution in [2.75, 3.05) is 0 Å². The molecule has 0 unspecified atom stereocenters. The third kappa shape index (κ3) is 1.87. The van der Waals surface area contributed by atoms with Crippen molar-refractivity contribution >= 4 is 11.3 Å². The predicted molar refractivity (Wildman–Crippen MR) is 50.9 cm³/mol. The first-order valence-corrected chi connectivity index (χ1v) is 3.76. The number of nitrogens with two attached hydrogens (primary N) is 1. The van der Waals surface area contributed by atoms with Gasteiger partial charge in [0.25, 0.3) is 5.69 Å². The molecule has 14 heavy (non-hydrogen) atoms. The van der Waals surface area contributed by atoms with E-state index in [2.05, 4.69) is 0 Å². The standard InChI is InChI=1S/C9H7N3O2/c10-5-8(6-11)7-1-3-9(4-2-7)12(13)14/h1-5H,10H2/b8-5+. The fourth-order valence-corrected chi connectivity index (χ4v) is 0.961. The van der Waals surface area contributed by atoms with E-state index in [0.717, 1.165) is 0 Å². The number of nitrogens with zero attached hydrogens (tertiary/aromatic N) is 2. The summed E-state index contributed by atoms with van der Waals surface area (Å²) in [5, 5.41) is 18.9. The van der Waals surface area contributed by atoms with Gasteiger partial charge in [-0.25, -0.2) is 0 Å². The van der Waals surface area contributed by atoms with E-state index in [1.807, 2.05) is 6.07 Å². The quantitative estimate of drug-likeness (QED) is 0.432. The second-order valence-corrected chi connectivity index (χ2v) is 2.50. The molecule has 0 fully saturated rings. The van der Waals surface area contributed by atoms with Crippen LogP contribution in [0.15, 0.2) is 30.5 Å². The molecule has 0 aliphatic rings. The van der Waals surface area contributed by atoms with E-state index >= 15 is 0 Å². The molecule has 70 valence electrons. The molecular weight excluding hydrogens is 182 g/mol. The Labute approximate surface area is 80.2 Å². The summed E-state index contributed by atoms with van der Waals surface area (Å²) < 4.78 is 0. The van der Waals surface area contributed by atoms with E-state index in [9.17, 15) is 10.1 Å².